The van der Waals surface area contributed by atoms with Gasteiger partial charge in [0.15, 0.2) is 0 Å². The van der Waals surface area contributed by atoms with Crippen molar-refractivity contribution in [2.75, 3.05) is 11.4 Å². The summed E-state index contributed by atoms with van der Waals surface area (Å²) in [6, 6.07) is 53.9. The van der Waals surface area contributed by atoms with Crippen molar-refractivity contribution in [2.45, 2.75) is 10.4 Å². The standard InChI is InChI=1S/C47H34FN5O2S2/c1-52(39-20-12-5-13-21-39)57(54,55)40-29-44(56-31-40)46-41-28-34(24-27-43(41)49-32-50-46)42-30-53(51-45(42)33-22-25-38(48)26-23-33)47(35-14-6-2-7-15-35,36-16-8-3-9-17-36)37-18-10-4-11-19-37/h2-32H,1H3. The fraction of sp³-hybridized carbons (Fsp3) is 0.0426. The van der Waals surface area contributed by atoms with Gasteiger partial charge in [-0.1, -0.05) is 115 Å². The summed E-state index contributed by atoms with van der Waals surface area (Å²) >= 11 is 1.31. The van der Waals surface area contributed by atoms with E-state index < -0.39 is 15.6 Å². The smallest absolute Gasteiger partial charge is 0.264 e. The Hall–Kier alpha value is -6.75. The Morgan fingerprint density at radius 3 is 1.81 bits per heavy atom. The van der Waals surface area contributed by atoms with Crippen LogP contribution in [0.4, 0.5) is 10.1 Å². The zero-order valence-corrected chi connectivity index (χ0v) is 32.3. The quantitative estimate of drug-likeness (QED) is 0.129. The third-order valence-electron chi connectivity index (χ3n) is 10.3. The molecular formula is C47H34FN5O2S2. The molecular weight excluding hydrogens is 750 g/mol. The summed E-state index contributed by atoms with van der Waals surface area (Å²) in [6.45, 7) is 0. The topological polar surface area (TPSA) is 81.0 Å². The van der Waals surface area contributed by atoms with Crippen molar-refractivity contribution in [3.8, 4) is 33.0 Å². The van der Waals surface area contributed by atoms with Crippen LogP contribution in [0.2, 0.25) is 0 Å². The van der Waals surface area contributed by atoms with Crippen molar-refractivity contribution in [1.29, 1.82) is 0 Å². The molecule has 3 aromatic heterocycles. The first kappa shape index (κ1) is 35.9. The Balaban J connectivity index is 1.24. The fourth-order valence-electron chi connectivity index (χ4n) is 7.45. The zero-order chi connectivity index (χ0) is 39.0. The molecule has 0 saturated carbocycles. The summed E-state index contributed by atoms with van der Waals surface area (Å²) < 4.78 is 45.2. The summed E-state index contributed by atoms with van der Waals surface area (Å²) in [5, 5.41) is 7.81. The third-order valence-corrected chi connectivity index (χ3v) is 13.1. The van der Waals surface area contributed by atoms with E-state index in [1.807, 2.05) is 83.5 Å². The second kappa shape index (κ2) is 14.7. The van der Waals surface area contributed by atoms with E-state index in [4.69, 9.17) is 10.1 Å². The summed E-state index contributed by atoms with van der Waals surface area (Å²) in [6.07, 6.45) is 3.56. The lowest BCUT2D eigenvalue weighted by atomic mass is 9.77. The molecule has 9 aromatic rings. The predicted molar refractivity (Wildman–Crippen MR) is 226 cm³/mol. The van der Waals surface area contributed by atoms with Gasteiger partial charge in [-0.15, -0.1) is 11.3 Å². The van der Waals surface area contributed by atoms with Crippen molar-refractivity contribution in [2.24, 2.45) is 0 Å². The molecule has 9 rings (SSSR count). The van der Waals surface area contributed by atoms with Crippen LogP contribution >= 0.6 is 11.3 Å². The number of nitrogens with zero attached hydrogens (tertiary/aromatic N) is 5. The summed E-state index contributed by atoms with van der Waals surface area (Å²) in [7, 11) is -2.29. The first-order valence-electron chi connectivity index (χ1n) is 18.2. The van der Waals surface area contributed by atoms with Crippen molar-refractivity contribution in [1.82, 2.24) is 19.7 Å². The maximum Gasteiger partial charge on any atom is 0.264 e. The van der Waals surface area contributed by atoms with E-state index in [0.29, 0.717) is 27.5 Å². The van der Waals surface area contributed by atoms with E-state index in [2.05, 4.69) is 47.6 Å². The normalized spacial score (nSPS) is 11.8. The van der Waals surface area contributed by atoms with Gasteiger partial charge in [0, 0.05) is 35.1 Å². The van der Waals surface area contributed by atoms with Crippen LogP contribution in [-0.2, 0) is 15.6 Å². The summed E-state index contributed by atoms with van der Waals surface area (Å²) in [4.78, 5) is 10.1. The largest absolute Gasteiger partial charge is 0.269 e. The highest BCUT2D eigenvalue weighted by molar-refractivity contribution is 7.93. The van der Waals surface area contributed by atoms with Crippen molar-refractivity contribution < 1.29 is 12.8 Å². The highest BCUT2D eigenvalue weighted by Crippen LogP contribution is 2.44. The van der Waals surface area contributed by atoms with Crippen molar-refractivity contribution >= 4 is 38.0 Å². The minimum Gasteiger partial charge on any atom is -0.269 e. The van der Waals surface area contributed by atoms with Gasteiger partial charge >= 0.3 is 0 Å². The molecule has 0 atom stereocenters. The minimum atomic E-state index is -3.84. The van der Waals surface area contributed by atoms with Crippen LogP contribution in [0.25, 0.3) is 43.9 Å². The third kappa shape index (κ3) is 6.38. The average molecular weight is 784 g/mol. The van der Waals surface area contributed by atoms with Gasteiger partial charge in [0.1, 0.15) is 23.4 Å². The van der Waals surface area contributed by atoms with Gasteiger partial charge in [-0.3, -0.25) is 8.99 Å². The van der Waals surface area contributed by atoms with E-state index in [9.17, 15) is 12.8 Å². The minimum absolute atomic E-state index is 0.177. The number of para-hydroxylation sites is 1. The van der Waals surface area contributed by atoms with E-state index in [1.165, 1.54) is 34.1 Å². The molecule has 0 saturated heterocycles. The molecule has 0 N–H and O–H groups in total. The van der Waals surface area contributed by atoms with Crippen LogP contribution in [0.1, 0.15) is 16.7 Å². The number of anilines is 1. The number of sulfonamides is 1. The lowest BCUT2D eigenvalue weighted by molar-refractivity contribution is 0.461. The van der Waals surface area contributed by atoms with Gasteiger partial charge in [-0.25, -0.2) is 22.8 Å². The molecule has 0 bridgehead atoms. The van der Waals surface area contributed by atoms with E-state index in [0.717, 1.165) is 38.8 Å². The lowest BCUT2D eigenvalue weighted by Gasteiger charge is -2.36. The molecule has 7 nitrogen and oxygen atoms in total. The molecule has 0 amide bonds. The number of hydrogen-bond acceptors (Lipinski definition) is 6. The summed E-state index contributed by atoms with van der Waals surface area (Å²) in [5.41, 5.74) is 7.06. The first-order valence-corrected chi connectivity index (χ1v) is 20.6. The Bertz CT molecular complexity index is 2840. The highest BCUT2D eigenvalue weighted by atomic mass is 32.2. The average Bonchev–Trinajstić information content (AvgIpc) is 3.95. The van der Waals surface area contributed by atoms with Crippen molar-refractivity contribution in [3.05, 3.63) is 210 Å². The number of hydrogen-bond donors (Lipinski definition) is 0. The molecule has 0 radical (unpaired) electrons. The monoisotopic (exact) mass is 783 g/mol. The number of rotatable bonds is 10. The molecule has 278 valence electrons. The Morgan fingerprint density at radius 2 is 1.21 bits per heavy atom. The number of halogens is 1. The number of aromatic nitrogens is 4. The van der Waals surface area contributed by atoms with Crippen LogP contribution in [0, 0.1) is 5.82 Å². The van der Waals surface area contributed by atoms with Gasteiger partial charge in [-0.05, 0) is 76.9 Å². The molecule has 0 spiro atoms. The fourth-order valence-corrected chi connectivity index (χ4v) is 9.91. The molecule has 0 unspecified atom stereocenters. The van der Waals surface area contributed by atoms with Crippen LogP contribution in [-0.4, -0.2) is 35.2 Å². The number of fused-ring (bicyclic) bond motifs is 1. The zero-order valence-electron chi connectivity index (χ0n) is 30.6. The first-order chi connectivity index (χ1) is 27.8. The second-order valence-electron chi connectivity index (χ2n) is 13.6. The van der Waals surface area contributed by atoms with Gasteiger partial charge in [0.25, 0.3) is 10.0 Å². The Kier molecular flexibility index (Phi) is 9.28. The SMILES string of the molecule is CN(c1ccccc1)S(=O)(=O)c1csc(-c2ncnc3ccc(-c4cn(C(c5ccccc5)(c5ccccc5)c5ccccc5)nc4-c4ccc(F)cc4)cc23)c1. The van der Waals surface area contributed by atoms with E-state index in [1.54, 1.807) is 54.9 Å². The molecule has 57 heavy (non-hydrogen) atoms. The van der Waals surface area contributed by atoms with Crippen molar-refractivity contribution in [3.63, 3.8) is 0 Å². The molecule has 0 aliphatic heterocycles. The van der Waals surface area contributed by atoms with Crippen LogP contribution in [0.3, 0.4) is 0 Å². The van der Waals surface area contributed by atoms with Gasteiger partial charge < -0.3 is 0 Å². The van der Waals surface area contributed by atoms with Gasteiger partial charge in [0.05, 0.1) is 26.7 Å². The highest BCUT2D eigenvalue weighted by Gasteiger charge is 2.40. The predicted octanol–water partition coefficient (Wildman–Crippen LogP) is 10.7. The van der Waals surface area contributed by atoms with Gasteiger partial charge in [-0.2, -0.15) is 5.10 Å². The molecule has 0 aliphatic carbocycles. The Morgan fingerprint density at radius 1 is 0.649 bits per heavy atom. The van der Waals surface area contributed by atoms with Crippen LogP contribution in [0.15, 0.2) is 193 Å². The maximum atomic E-state index is 14.4. The number of thiophene rings is 1. The van der Waals surface area contributed by atoms with E-state index >= 15 is 0 Å². The molecule has 0 fully saturated rings. The molecule has 10 heteroatoms. The van der Waals surface area contributed by atoms with Gasteiger partial charge in [0.2, 0.25) is 0 Å². The van der Waals surface area contributed by atoms with E-state index in [-0.39, 0.29) is 10.7 Å². The second-order valence-corrected chi connectivity index (χ2v) is 16.4. The molecule has 3 heterocycles. The molecule has 0 aliphatic rings. The maximum absolute atomic E-state index is 14.4. The van der Waals surface area contributed by atoms with Crippen LogP contribution < -0.4 is 4.31 Å². The number of benzene rings is 6. The Labute approximate surface area is 334 Å². The lowest BCUT2D eigenvalue weighted by Crippen LogP contribution is -2.38. The summed E-state index contributed by atoms with van der Waals surface area (Å²) in [5.74, 6) is -0.341. The van der Waals surface area contributed by atoms with Crippen LogP contribution in [0.5, 0.6) is 0 Å². The molecule has 6 aromatic carbocycles.